The number of aromatic amines is 1. The van der Waals surface area contributed by atoms with Crippen molar-refractivity contribution in [2.45, 2.75) is 38.3 Å². The smallest absolute Gasteiger partial charge is 0.407 e. The number of fused-ring (bicyclic) bond motifs is 1. The maximum absolute atomic E-state index is 13.3. The van der Waals surface area contributed by atoms with Gasteiger partial charge < -0.3 is 29.8 Å². The molecule has 13 nitrogen and oxygen atoms in total. The molecule has 224 valence electrons. The van der Waals surface area contributed by atoms with Gasteiger partial charge in [0, 0.05) is 20.3 Å². The van der Waals surface area contributed by atoms with Crippen LogP contribution in [0.25, 0.3) is 11.2 Å². The van der Waals surface area contributed by atoms with Crippen LogP contribution in [0.4, 0.5) is 10.5 Å². The van der Waals surface area contributed by atoms with Crippen molar-refractivity contribution in [3.8, 4) is 0 Å². The molecule has 0 fully saturated rings. The summed E-state index contributed by atoms with van der Waals surface area (Å²) >= 11 is 0. The highest BCUT2D eigenvalue weighted by Crippen LogP contribution is 2.15. The van der Waals surface area contributed by atoms with E-state index in [-0.39, 0.29) is 24.6 Å². The topological polar surface area (TPSA) is 164 Å². The number of benzene rings is 1. The van der Waals surface area contributed by atoms with Gasteiger partial charge in [0.2, 0.25) is 11.8 Å². The van der Waals surface area contributed by atoms with Crippen molar-refractivity contribution < 1.29 is 19.1 Å². The third-order valence-corrected chi connectivity index (χ3v) is 6.62. The standard InChI is InChI=1S/C30H34N8O5/c1-37(2)25(39)14-8-7-12-22(34-30(42)43-3)28(40)33-23-13-9-17-38(29(23)41)18-24-35-26-21(31-19-32-27(26)36-24)16-15-20-10-5-4-6-11-20/h4-6,8-11,13-14,17,19,22H,7,12,15-16,18H2,1-3H3,(H,33,40)(H,34,42)(H,31,32,35,36)/b14-8+/t22-/m0/s1. The molecule has 0 bridgehead atoms. The van der Waals surface area contributed by atoms with Crippen LogP contribution < -0.4 is 16.2 Å². The normalized spacial score (nSPS) is 11.8. The Kier molecular flexibility index (Phi) is 10.3. The van der Waals surface area contributed by atoms with E-state index in [1.165, 1.54) is 40.6 Å². The Bertz CT molecular complexity index is 1660. The molecule has 0 saturated carbocycles. The number of aryl methyl sites for hydroxylation is 2. The van der Waals surface area contributed by atoms with Gasteiger partial charge >= 0.3 is 6.09 Å². The summed E-state index contributed by atoms with van der Waals surface area (Å²) in [5.41, 5.74) is 2.81. The lowest BCUT2D eigenvalue weighted by Gasteiger charge is -2.17. The Morgan fingerprint density at radius 3 is 2.63 bits per heavy atom. The second-order valence-corrected chi connectivity index (χ2v) is 9.93. The quantitative estimate of drug-likeness (QED) is 0.213. The maximum atomic E-state index is 13.3. The van der Waals surface area contributed by atoms with Gasteiger partial charge in [0.1, 0.15) is 29.4 Å². The van der Waals surface area contributed by atoms with Gasteiger partial charge in [-0.1, -0.05) is 36.4 Å². The van der Waals surface area contributed by atoms with E-state index in [4.69, 9.17) is 0 Å². The molecule has 0 radical (unpaired) electrons. The molecule has 0 aliphatic rings. The third-order valence-electron chi connectivity index (χ3n) is 6.62. The summed E-state index contributed by atoms with van der Waals surface area (Å²) in [5.74, 6) is -0.298. The number of carbonyl (C=O) groups is 3. The van der Waals surface area contributed by atoms with Crippen molar-refractivity contribution >= 4 is 34.8 Å². The third kappa shape index (κ3) is 8.35. The van der Waals surface area contributed by atoms with E-state index in [9.17, 15) is 19.2 Å². The number of ether oxygens (including phenoxy) is 1. The molecular weight excluding hydrogens is 552 g/mol. The van der Waals surface area contributed by atoms with E-state index < -0.39 is 23.6 Å². The van der Waals surface area contributed by atoms with Gasteiger partial charge in [-0.2, -0.15) is 0 Å². The molecule has 43 heavy (non-hydrogen) atoms. The fraction of sp³-hybridized carbons (Fsp3) is 0.300. The van der Waals surface area contributed by atoms with Crippen molar-refractivity contribution in [3.05, 3.63) is 94.6 Å². The van der Waals surface area contributed by atoms with Crippen molar-refractivity contribution in [2.24, 2.45) is 0 Å². The number of nitrogens with one attached hydrogen (secondary N) is 3. The monoisotopic (exact) mass is 586 g/mol. The molecule has 0 aliphatic heterocycles. The average Bonchev–Trinajstić information content (AvgIpc) is 3.43. The molecule has 3 aromatic heterocycles. The number of aromatic nitrogens is 5. The molecule has 0 unspecified atom stereocenters. The van der Waals surface area contributed by atoms with Crippen LogP contribution in [0.2, 0.25) is 0 Å². The first-order valence-electron chi connectivity index (χ1n) is 13.7. The lowest BCUT2D eigenvalue weighted by Crippen LogP contribution is -2.44. The lowest BCUT2D eigenvalue weighted by atomic mass is 10.1. The number of allylic oxidation sites excluding steroid dienone is 1. The summed E-state index contributed by atoms with van der Waals surface area (Å²) in [6, 6.07) is 12.2. The van der Waals surface area contributed by atoms with Gasteiger partial charge in [-0.05, 0) is 49.5 Å². The van der Waals surface area contributed by atoms with Crippen LogP contribution >= 0.6 is 0 Å². The molecule has 4 aromatic rings. The minimum absolute atomic E-state index is 0.0296. The summed E-state index contributed by atoms with van der Waals surface area (Å²) in [5, 5.41) is 5.08. The number of anilines is 1. The number of alkyl carbamates (subject to hydrolysis) is 1. The van der Waals surface area contributed by atoms with Gasteiger partial charge in [0.25, 0.3) is 5.56 Å². The molecule has 0 saturated heterocycles. The number of nitrogens with zero attached hydrogens (tertiary/aromatic N) is 5. The molecule has 1 atom stereocenters. The van der Waals surface area contributed by atoms with E-state index in [0.29, 0.717) is 29.8 Å². The largest absolute Gasteiger partial charge is 0.453 e. The van der Waals surface area contributed by atoms with Crippen LogP contribution in [0.5, 0.6) is 0 Å². The molecule has 13 heteroatoms. The number of amides is 3. The van der Waals surface area contributed by atoms with E-state index in [2.05, 4.69) is 47.4 Å². The summed E-state index contributed by atoms with van der Waals surface area (Å²) < 4.78 is 6.05. The number of rotatable bonds is 12. The van der Waals surface area contributed by atoms with E-state index in [1.807, 2.05) is 18.2 Å². The minimum Gasteiger partial charge on any atom is -0.453 e. The number of likely N-dealkylation sites (N-methyl/N-ethyl adjacent to an activating group) is 1. The number of pyridine rings is 1. The lowest BCUT2D eigenvalue weighted by molar-refractivity contribution is -0.123. The zero-order valence-electron chi connectivity index (χ0n) is 24.2. The summed E-state index contributed by atoms with van der Waals surface area (Å²) in [6.07, 6.45) is 7.26. The fourth-order valence-corrected chi connectivity index (χ4v) is 4.30. The van der Waals surface area contributed by atoms with Gasteiger partial charge in [-0.25, -0.2) is 19.7 Å². The number of imidazole rings is 1. The Balaban J connectivity index is 1.46. The van der Waals surface area contributed by atoms with Gasteiger partial charge in [0.15, 0.2) is 5.65 Å². The van der Waals surface area contributed by atoms with E-state index in [1.54, 1.807) is 32.4 Å². The SMILES string of the molecule is COC(=O)N[C@@H](CC/C=C/C(=O)N(C)C)C(=O)Nc1cccn(Cc2nc3ncnc(CCc4ccccc4)c3[nH]2)c1=O. The first kappa shape index (κ1) is 30.6. The van der Waals surface area contributed by atoms with Crippen LogP contribution in [0.3, 0.4) is 0 Å². The van der Waals surface area contributed by atoms with Gasteiger partial charge in [0.05, 0.1) is 19.3 Å². The highest BCUT2D eigenvalue weighted by atomic mass is 16.5. The number of carbonyl (C=O) groups excluding carboxylic acids is 3. The van der Waals surface area contributed by atoms with Crippen molar-refractivity contribution in [2.75, 3.05) is 26.5 Å². The predicted molar refractivity (Wildman–Crippen MR) is 160 cm³/mol. The average molecular weight is 587 g/mol. The Morgan fingerprint density at radius 1 is 1.09 bits per heavy atom. The molecular formula is C30H34N8O5. The van der Waals surface area contributed by atoms with Crippen LogP contribution in [0, 0.1) is 0 Å². The molecule has 3 N–H and O–H groups in total. The second-order valence-electron chi connectivity index (χ2n) is 9.93. The summed E-state index contributed by atoms with van der Waals surface area (Å²) in [4.78, 5) is 67.9. The maximum Gasteiger partial charge on any atom is 0.407 e. The highest BCUT2D eigenvalue weighted by Gasteiger charge is 2.22. The fourth-order valence-electron chi connectivity index (χ4n) is 4.30. The minimum atomic E-state index is -1.01. The zero-order chi connectivity index (χ0) is 30.8. The van der Waals surface area contributed by atoms with Gasteiger partial charge in [-0.3, -0.25) is 14.4 Å². The number of hydrogen-bond acceptors (Lipinski definition) is 8. The molecule has 0 aliphatic carbocycles. The predicted octanol–water partition coefficient (Wildman–Crippen LogP) is 2.44. The van der Waals surface area contributed by atoms with Crippen LogP contribution in [0.1, 0.15) is 29.9 Å². The molecule has 0 spiro atoms. The Labute approximate surface area is 248 Å². The molecule has 1 aromatic carbocycles. The van der Waals surface area contributed by atoms with Crippen molar-refractivity contribution in [3.63, 3.8) is 0 Å². The molecule has 3 amide bonds. The Hall–Kier alpha value is -5.33. The van der Waals surface area contributed by atoms with E-state index >= 15 is 0 Å². The second kappa shape index (κ2) is 14.5. The summed E-state index contributed by atoms with van der Waals surface area (Å²) in [6.45, 7) is 0.103. The first-order valence-corrected chi connectivity index (χ1v) is 13.7. The van der Waals surface area contributed by atoms with Crippen molar-refractivity contribution in [1.82, 2.24) is 34.7 Å². The summed E-state index contributed by atoms with van der Waals surface area (Å²) in [7, 11) is 4.44. The van der Waals surface area contributed by atoms with Gasteiger partial charge in [-0.15, -0.1) is 0 Å². The molecule has 4 rings (SSSR count). The van der Waals surface area contributed by atoms with Crippen LogP contribution in [0.15, 0.2) is 71.9 Å². The van der Waals surface area contributed by atoms with Crippen LogP contribution in [-0.2, 0) is 33.7 Å². The number of H-pyrrole nitrogens is 1. The number of methoxy groups -OCH3 is 1. The number of hydrogen-bond donors (Lipinski definition) is 3. The zero-order valence-corrected chi connectivity index (χ0v) is 24.2. The molecule has 3 heterocycles. The highest BCUT2D eigenvalue weighted by molar-refractivity contribution is 5.96. The Morgan fingerprint density at radius 2 is 1.88 bits per heavy atom. The van der Waals surface area contributed by atoms with Crippen LogP contribution in [-0.4, -0.2) is 74.6 Å². The van der Waals surface area contributed by atoms with Crippen molar-refractivity contribution in [1.29, 1.82) is 0 Å². The first-order chi connectivity index (χ1) is 20.7. The van der Waals surface area contributed by atoms with E-state index in [0.717, 1.165) is 12.1 Å².